The molecule has 0 aliphatic rings. The number of primary amides is 2. The second-order valence-electron chi connectivity index (χ2n) is 7.94. The molecule has 4 aromatic carbocycles. The first-order chi connectivity index (χ1) is 18.4. The smallest absolute Gasteiger partial charge is 0.262 e. The molecule has 0 aromatic heterocycles. The first-order valence-corrected chi connectivity index (χ1v) is 13.4. The summed E-state index contributed by atoms with van der Waals surface area (Å²) in [6, 6.07) is 27.3. The number of amides is 4. The van der Waals surface area contributed by atoms with Crippen LogP contribution in [0.3, 0.4) is 0 Å². The van der Waals surface area contributed by atoms with Crippen LogP contribution in [0.1, 0.15) is 41.4 Å². The van der Waals surface area contributed by atoms with E-state index in [0.717, 1.165) is 22.0 Å². The van der Waals surface area contributed by atoms with Crippen LogP contribution < -0.4 is 20.9 Å². The highest BCUT2D eigenvalue weighted by atomic mass is 33.1. The summed E-state index contributed by atoms with van der Waals surface area (Å²) >= 11 is 0. The number of carbonyl (C=O) groups is 4. The number of hydrogen-bond acceptors (Lipinski definition) is 6. The van der Waals surface area contributed by atoms with Crippen molar-refractivity contribution in [2.75, 3.05) is 0 Å². The Labute approximate surface area is 226 Å². The molecule has 0 fully saturated rings. The van der Waals surface area contributed by atoms with Gasteiger partial charge in [0.2, 0.25) is 11.8 Å². The van der Waals surface area contributed by atoms with Gasteiger partial charge in [-0.05, 0) is 46.5 Å². The molecule has 38 heavy (non-hydrogen) atoms. The topological polar surface area (TPSA) is 144 Å². The molecule has 8 nitrogen and oxygen atoms in total. The summed E-state index contributed by atoms with van der Waals surface area (Å²) < 4.78 is 5.37. The molecule has 0 saturated carbocycles. The maximum atomic E-state index is 13.0. The van der Waals surface area contributed by atoms with E-state index in [9.17, 15) is 19.2 Å². The molecule has 0 aliphatic carbocycles. The van der Waals surface area contributed by atoms with Crippen LogP contribution in [0.4, 0.5) is 0 Å². The lowest BCUT2D eigenvalue weighted by Crippen LogP contribution is -2.20. The van der Waals surface area contributed by atoms with Gasteiger partial charge in [0.15, 0.2) is 0 Å². The molecule has 6 N–H and O–H groups in total. The average molecular weight is 543 g/mol. The molecule has 0 bridgehead atoms. The molecular weight excluding hydrogens is 520 g/mol. The van der Waals surface area contributed by atoms with Gasteiger partial charge in [-0.2, -0.15) is 0 Å². The minimum absolute atomic E-state index is 0.304. The zero-order valence-corrected chi connectivity index (χ0v) is 21.5. The van der Waals surface area contributed by atoms with Crippen LogP contribution in [0.2, 0.25) is 0 Å². The number of hydrogen-bond donors (Lipinski definition) is 4. The van der Waals surface area contributed by atoms with Crippen molar-refractivity contribution >= 4 is 45.6 Å². The molecular formula is C28H22N4O4S2. The van der Waals surface area contributed by atoms with Crippen LogP contribution >= 0.6 is 22.0 Å². The van der Waals surface area contributed by atoms with E-state index in [-0.39, 0.29) is 0 Å². The van der Waals surface area contributed by atoms with Crippen LogP contribution in [0.15, 0.2) is 97.1 Å². The van der Waals surface area contributed by atoms with E-state index < -0.39 is 23.6 Å². The Morgan fingerprint density at radius 1 is 0.447 bits per heavy atom. The lowest BCUT2D eigenvalue weighted by Gasteiger charge is -2.13. The molecule has 0 atom stereocenters. The van der Waals surface area contributed by atoms with Gasteiger partial charge in [0.25, 0.3) is 11.8 Å². The van der Waals surface area contributed by atoms with Crippen LogP contribution in [0.5, 0.6) is 0 Å². The molecule has 0 heterocycles. The number of carbonyl (C=O) groups excluding carboxylic acids is 4. The minimum Gasteiger partial charge on any atom is -0.366 e. The van der Waals surface area contributed by atoms with Gasteiger partial charge in [0, 0.05) is 44.2 Å². The Kier molecular flexibility index (Phi) is 8.47. The van der Waals surface area contributed by atoms with Crippen LogP contribution in [-0.2, 0) is 0 Å². The van der Waals surface area contributed by atoms with Gasteiger partial charge in [-0.1, -0.05) is 72.8 Å². The molecule has 0 saturated heterocycles. The van der Waals surface area contributed by atoms with Crippen molar-refractivity contribution in [3.05, 3.63) is 119 Å². The Morgan fingerprint density at radius 2 is 0.711 bits per heavy atom. The summed E-state index contributed by atoms with van der Waals surface area (Å²) in [5, 5.41) is 0. The van der Waals surface area contributed by atoms with Gasteiger partial charge in [0.1, 0.15) is 0 Å². The van der Waals surface area contributed by atoms with E-state index in [1.165, 1.54) is 0 Å². The van der Waals surface area contributed by atoms with Gasteiger partial charge >= 0.3 is 0 Å². The molecule has 4 aromatic rings. The average Bonchev–Trinajstić information content (AvgIpc) is 2.95. The summed E-state index contributed by atoms with van der Waals surface area (Å²) in [4.78, 5) is 49.7. The number of nitrogens with two attached hydrogens (primary N) is 2. The van der Waals surface area contributed by atoms with Gasteiger partial charge in [-0.15, -0.1) is 0 Å². The monoisotopic (exact) mass is 542 g/mol. The summed E-state index contributed by atoms with van der Waals surface area (Å²) in [6.07, 6.45) is 0. The summed E-state index contributed by atoms with van der Waals surface area (Å²) in [5.74, 6) is -2.02. The van der Waals surface area contributed by atoms with E-state index in [1.807, 2.05) is 0 Å². The third-order valence-electron chi connectivity index (χ3n) is 5.62. The first-order valence-electron chi connectivity index (χ1n) is 11.3. The van der Waals surface area contributed by atoms with Gasteiger partial charge in [0.05, 0.1) is 0 Å². The highest BCUT2D eigenvalue weighted by Crippen LogP contribution is 2.29. The van der Waals surface area contributed by atoms with Crippen LogP contribution in [-0.4, -0.2) is 23.6 Å². The van der Waals surface area contributed by atoms with Gasteiger partial charge in [-0.25, -0.2) is 0 Å². The quantitative estimate of drug-likeness (QED) is 0.138. The van der Waals surface area contributed by atoms with E-state index in [1.54, 1.807) is 97.1 Å². The van der Waals surface area contributed by atoms with Crippen LogP contribution in [0.25, 0.3) is 22.3 Å². The van der Waals surface area contributed by atoms with Crippen molar-refractivity contribution in [3.8, 4) is 22.3 Å². The largest absolute Gasteiger partial charge is 0.366 e. The molecule has 0 aliphatic heterocycles. The fraction of sp³-hybridized carbons (Fsp3) is 0. The van der Waals surface area contributed by atoms with Crippen molar-refractivity contribution in [2.24, 2.45) is 11.5 Å². The Bertz CT molecular complexity index is 1430. The van der Waals surface area contributed by atoms with Crippen LogP contribution in [0, 0.1) is 0 Å². The fourth-order valence-corrected chi connectivity index (χ4v) is 5.08. The molecule has 190 valence electrons. The summed E-state index contributed by atoms with van der Waals surface area (Å²) in [7, 11) is 1.85. The Hall–Kier alpha value is -4.54. The summed E-state index contributed by atoms with van der Waals surface area (Å²) in [5.41, 5.74) is 14.5. The van der Waals surface area contributed by atoms with E-state index in [2.05, 4.69) is 9.44 Å². The second kappa shape index (κ2) is 12.1. The summed E-state index contributed by atoms with van der Waals surface area (Å²) in [6.45, 7) is 0. The Balaban J connectivity index is 1.45. The highest BCUT2D eigenvalue weighted by molar-refractivity contribution is 8.75. The van der Waals surface area contributed by atoms with Crippen molar-refractivity contribution < 1.29 is 19.2 Å². The minimum atomic E-state index is -0.595. The fourth-order valence-electron chi connectivity index (χ4n) is 3.92. The van der Waals surface area contributed by atoms with E-state index >= 15 is 0 Å². The number of benzene rings is 4. The normalized spacial score (nSPS) is 10.4. The second-order valence-corrected chi connectivity index (χ2v) is 9.68. The van der Waals surface area contributed by atoms with Crippen molar-refractivity contribution in [2.45, 2.75) is 0 Å². The molecule has 0 spiro atoms. The molecule has 4 amide bonds. The molecule has 4 rings (SSSR count). The van der Waals surface area contributed by atoms with E-state index in [4.69, 9.17) is 11.5 Å². The lowest BCUT2D eigenvalue weighted by atomic mass is 9.95. The van der Waals surface area contributed by atoms with Gasteiger partial charge < -0.3 is 11.5 Å². The lowest BCUT2D eigenvalue weighted by molar-refractivity contribution is 0.0975. The van der Waals surface area contributed by atoms with Crippen molar-refractivity contribution in [1.82, 2.24) is 9.44 Å². The predicted octanol–water partition coefficient (Wildman–Crippen LogP) is 4.59. The van der Waals surface area contributed by atoms with Crippen molar-refractivity contribution in [3.63, 3.8) is 0 Å². The number of rotatable bonds is 9. The molecule has 10 heteroatoms. The van der Waals surface area contributed by atoms with Gasteiger partial charge in [-0.3, -0.25) is 28.6 Å². The molecule has 0 radical (unpaired) electrons. The predicted molar refractivity (Wildman–Crippen MR) is 151 cm³/mol. The third-order valence-corrected chi connectivity index (χ3v) is 6.99. The third kappa shape index (κ3) is 5.88. The first kappa shape index (κ1) is 26.5. The van der Waals surface area contributed by atoms with E-state index in [0.29, 0.717) is 44.5 Å². The zero-order chi connectivity index (χ0) is 27.1. The molecule has 0 unspecified atom stereocenters. The zero-order valence-electron chi connectivity index (χ0n) is 19.8. The van der Waals surface area contributed by atoms with Crippen molar-refractivity contribution in [1.29, 1.82) is 0 Å². The highest BCUT2D eigenvalue weighted by Gasteiger charge is 2.19. The SMILES string of the molecule is NC(=O)c1ccccc1-c1ccccc1C(=O)NSSNC(=O)c1ccccc1-c1ccccc1C(N)=O. The standard InChI is InChI=1S/C28H22N4O4S2/c29-25(33)21-13-5-1-9-17(21)19-11-3-7-15-23(19)27(35)31-37-38-32-28(36)24-16-8-4-12-20(24)18-10-2-6-14-22(18)26(30)34/h1-16H,(H2,29,33)(H2,30,34)(H,31,35)(H,32,36). The Morgan fingerprint density at radius 3 is 1.03 bits per heavy atom. The number of nitrogens with one attached hydrogen (secondary N) is 2. The maximum Gasteiger partial charge on any atom is 0.262 e. The maximum absolute atomic E-state index is 13.0.